The summed E-state index contributed by atoms with van der Waals surface area (Å²) in [7, 11) is 0. The van der Waals surface area contributed by atoms with E-state index >= 15 is 0 Å². The minimum absolute atomic E-state index is 0.628. The topological polar surface area (TPSA) is 52.5 Å². The van der Waals surface area contributed by atoms with Crippen LogP contribution in [0.2, 0.25) is 0 Å². The van der Waals surface area contributed by atoms with Gasteiger partial charge in [-0.2, -0.15) is 0 Å². The van der Waals surface area contributed by atoms with Crippen molar-refractivity contribution in [1.29, 1.82) is 0 Å². The lowest BCUT2D eigenvalue weighted by Crippen LogP contribution is -2.41. The average molecular weight is 119 g/mol. The normalized spacial score (nSPS) is 12.0. The highest BCUT2D eigenvalue weighted by atomic mass is 16.5. The smallest absolute Gasteiger partial charge is 0.219 e. The van der Waals surface area contributed by atoms with Crippen LogP contribution in [0.4, 0.5) is 0 Å². The Bertz CT molecular complexity index is 57.9. The summed E-state index contributed by atoms with van der Waals surface area (Å²) in [5, 5.41) is 19.7. The van der Waals surface area contributed by atoms with Gasteiger partial charge in [-0.15, -0.1) is 0 Å². The van der Waals surface area contributed by atoms with Crippen molar-refractivity contribution in [2.45, 2.75) is 26.2 Å². The molecule has 0 aromatic heterocycles. The maximum absolute atomic E-state index is 8.59. The zero-order valence-electron chi connectivity index (χ0n) is 5.31. The first-order valence-electron chi connectivity index (χ1n) is 2.76. The summed E-state index contributed by atoms with van der Waals surface area (Å²) in [5.41, 5.74) is 0. The third kappa shape index (κ3) is 5.88. The second-order valence-electron chi connectivity index (χ2n) is 1.95. The van der Waals surface area contributed by atoms with Crippen molar-refractivity contribution >= 4 is 0 Å². The number of nitrogens with one attached hydrogen (secondary N) is 1. The molecule has 3 nitrogen and oxygen atoms in total. The summed E-state index contributed by atoms with van der Waals surface area (Å²) in [4.78, 5) is 0. The molecular formula is C5H13NO2. The van der Waals surface area contributed by atoms with E-state index in [9.17, 15) is 0 Å². The van der Waals surface area contributed by atoms with Gasteiger partial charge in [-0.05, 0) is 13.0 Å². The summed E-state index contributed by atoms with van der Waals surface area (Å²) in [6.07, 6.45) is 0.900. The Hall–Kier alpha value is -0.120. The van der Waals surface area contributed by atoms with Crippen LogP contribution in [0.25, 0.3) is 0 Å². The predicted octanol–water partition coefficient (Wildman–Crippen LogP) is -0.356. The Balaban J connectivity index is 3.11. The van der Waals surface area contributed by atoms with Gasteiger partial charge < -0.3 is 10.2 Å². The third-order valence-electron chi connectivity index (χ3n) is 0.710. The van der Waals surface area contributed by atoms with Crippen LogP contribution in [0.5, 0.6) is 0 Å². The van der Waals surface area contributed by atoms with Crippen LogP contribution in [0.1, 0.15) is 20.3 Å². The molecule has 0 saturated heterocycles. The first kappa shape index (κ1) is 7.88. The fourth-order valence-corrected chi connectivity index (χ4v) is 0.362. The van der Waals surface area contributed by atoms with Crippen molar-refractivity contribution in [2.75, 3.05) is 6.54 Å². The number of hydrogen-bond donors (Lipinski definition) is 3. The Morgan fingerprint density at radius 1 is 1.50 bits per heavy atom. The molecule has 0 aromatic rings. The van der Waals surface area contributed by atoms with Gasteiger partial charge in [0.1, 0.15) is 0 Å². The van der Waals surface area contributed by atoms with Crippen LogP contribution in [-0.2, 0) is 0 Å². The van der Waals surface area contributed by atoms with Crippen molar-refractivity contribution in [3.05, 3.63) is 0 Å². The quantitative estimate of drug-likeness (QED) is 0.445. The first-order chi connectivity index (χ1) is 3.56. The first-order valence-corrected chi connectivity index (χ1v) is 2.76. The van der Waals surface area contributed by atoms with Crippen LogP contribution >= 0.6 is 0 Å². The molecule has 0 aliphatic carbocycles. The molecule has 0 aliphatic rings. The largest absolute Gasteiger partial charge is 0.354 e. The van der Waals surface area contributed by atoms with Gasteiger partial charge in [-0.25, -0.2) is 0 Å². The van der Waals surface area contributed by atoms with Gasteiger partial charge in [-0.3, -0.25) is 5.32 Å². The Morgan fingerprint density at radius 3 is 2.12 bits per heavy atom. The number of hydrogen-bond acceptors (Lipinski definition) is 3. The molecule has 0 rings (SSSR count). The van der Waals surface area contributed by atoms with Gasteiger partial charge in [0, 0.05) is 6.92 Å². The van der Waals surface area contributed by atoms with E-state index in [-0.39, 0.29) is 0 Å². The molecule has 0 atom stereocenters. The van der Waals surface area contributed by atoms with E-state index in [1.807, 2.05) is 6.92 Å². The van der Waals surface area contributed by atoms with Gasteiger partial charge in [0.2, 0.25) is 5.91 Å². The van der Waals surface area contributed by atoms with Crippen LogP contribution in [0, 0.1) is 0 Å². The maximum atomic E-state index is 8.59. The molecule has 3 N–H and O–H groups in total. The summed E-state index contributed by atoms with van der Waals surface area (Å²) in [5.74, 6) is -1.70. The SMILES string of the molecule is CCCNC(C)(O)O. The highest BCUT2D eigenvalue weighted by Crippen LogP contribution is 1.88. The minimum atomic E-state index is -1.70. The molecule has 0 radical (unpaired) electrons. The van der Waals surface area contributed by atoms with Crippen LogP contribution in [0.3, 0.4) is 0 Å². The summed E-state index contributed by atoms with van der Waals surface area (Å²) < 4.78 is 0. The van der Waals surface area contributed by atoms with Crippen LogP contribution in [-0.4, -0.2) is 22.7 Å². The van der Waals surface area contributed by atoms with E-state index in [0.717, 1.165) is 6.42 Å². The molecule has 3 heteroatoms. The van der Waals surface area contributed by atoms with Crippen LogP contribution in [0.15, 0.2) is 0 Å². The van der Waals surface area contributed by atoms with Gasteiger partial charge in [0.25, 0.3) is 0 Å². The van der Waals surface area contributed by atoms with E-state index < -0.39 is 5.91 Å². The van der Waals surface area contributed by atoms with Crippen molar-refractivity contribution in [1.82, 2.24) is 5.32 Å². The number of rotatable bonds is 3. The molecule has 0 saturated carbocycles. The molecule has 50 valence electrons. The zero-order chi connectivity index (χ0) is 6.62. The standard InChI is InChI=1S/C5H13NO2/c1-3-4-6-5(2,7)8/h6-8H,3-4H2,1-2H3. The Labute approximate surface area is 49.3 Å². The lowest BCUT2D eigenvalue weighted by molar-refractivity contribution is -0.169. The summed E-state index contributed by atoms with van der Waals surface area (Å²) in [6, 6.07) is 0. The second kappa shape index (κ2) is 3.02. The Morgan fingerprint density at radius 2 is 2.00 bits per heavy atom. The third-order valence-corrected chi connectivity index (χ3v) is 0.710. The Kier molecular flexibility index (Phi) is 2.97. The molecule has 0 amide bonds. The molecule has 0 aromatic carbocycles. The van der Waals surface area contributed by atoms with E-state index in [1.165, 1.54) is 6.92 Å². The molecule has 0 bridgehead atoms. The lowest BCUT2D eigenvalue weighted by Gasteiger charge is -2.16. The lowest BCUT2D eigenvalue weighted by atomic mass is 10.4. The minimum Gasteiger partial charge on any atom is -0.354 e. The number of aliphatic hydroxyl groups is 2. The molecule has 8 heavy (non-hydrogen) atoms. The molecular weight excluding hydrogens is 106 g/mol. The monoisotopic (exact) mass is 119 g/mol. The zero-order valence-corrected chi connectivity index (χ0v) is 5.31. The van der Waals surface area contributed by atoms with Gasteiger partial charge in [0.05, 0.1) is 0 Å². The van der Waals surface area contributed by atoms with E-state index in [2.05, 4.69) is 5.32 Å². The predicted molar refractivity (Wildman–Crippen MR) is 31.1 cm³/mol. The fourth-order valence-electron chi connectivity index (χ4n) is 0.362. The summed E-state index contributed by atoms with van der Waals surface area (Å²) >= 11 is 0. The molecule has 0 fully saturated rings. The summed E-state index contributed by atoms with van der Waals surface area (Å²) in [6.45, 7) is 3.88. The van der Waals surface area contributed by atoms with Crippen molar-refractivity contribution in [2.24, 2.45) is 0 Å². The molecule has 0 aliphatic heterocycles. The highest BCUT2D eigenvalue weighted by molar-refractivity contribution is 4.50. The van der Waals surface area contributed by atoms with E-state index in [0.29, 0.717) is 6.54 Å². The van der Waals surface area contributed by atoms with Gasteiger partial charge in [0.15, 0.2) is 0 Å². The fraction of sp³-hybridized carbons (Fsp3) is 1.00. The average Bonchev–Trinajstić information content (AvgIpc) is 1.59. The van der Waals surface area contributed by atoms with Crippen molar-refractivity contribution < 1.29 is 10.2 Å². The molecule has 0 heterocycles. The highest BCUT2D eigenvalue weighted by Gasteiger charge is 2.10. The van der Waals surface area contributed by atoms with E-state index in [4.69, 9.17) is 10.2 Å². The molecule has 0 unspecified atom stereocenters. The van der Waals surface area contributed by atoms with Gasteiger partial charge in [-0.1, -0.05) is 6.92 Å². The van der Waals surface area contributed by atoms with Gasteiger partial charge >= 0.3 is 0 Å². The molecule has 0 spiro atoms. The van der Waals surface area contributed by atoms with E-state index in [1.54, 1.807) is 0 Å². The second-order valence-corrected chi connectivity index (χ2v) is 1.95. The van der Waals surface area contributed by atoms with Crippen molar-refractivity contribution in [3.63, 3.8) is 0 Å². The van der Waals surface area contributed by atoms with Crippen LogP contribution < -0.4 is 5.32 Å². The maximum Gasteiger partial charge on any atom is 0.219 e. The van der Waals surface area contributed by atoms with Crippen molar-refractivity contribution in [3.8, 4) is 0 Å².